The zero-order chi connectivity index (χ0) is 21.1. The number of nitrogens with zero attached hydrogens (tertiary/aromatic N) is 4. The Hall–Kier alpha value is -2.94. The van der Waals surface area contributed by atoms with Gasteiger partial charge in [0.2, 0.25) is 11.8 Å². The third kappa shape index (κ3) is 4.46. The Labute approximate surface area is 174 Å². The molecule has 2 aliphatic heterocycles. The van der Waals surface area contributed by atoms with Crippen molar-refractivity contribution in [3.8, 4) is 0 Å². The van der Waals surface area contributed by atoms with Crippen molar-refractivity contribution >= 4 is 17.5 Å². The van der Waals surface area contributed by atoms with Gasteiger partial charge < -0.3 is 11.1 Å². The Morgan fingerprint density at radius 1 is 1.17 bits per heavy atom. The number of carbonyl (C=O) groups is 2. The number of aromatic nitrogens is 3. The van der Waals surface area contributed by atoms with E-state index in [1.54, 1.807) is 4.57 Å². The van der Waals surface area contributed by atoms with Crippen LogP contribution in [0.1, 0.15) is 43.5 Å². The van der Waals surface area contributed by atoms with Crippen molar-refractivity contribution in [1.29, 1.82) is 0 Å². The zero-order valence-electron chi connectivity index (χ0n) is 17.0. The number of anilines is 1. The van der Waals surface area contributed by atoms with Crippen LogP contribution in [0.25, 0.3) is 0 Å². The molecule has 30 heavy (non-hydrogen) atoms. The summed E-state index contributed by atoms with van der Waals surface area (Å²) < 4.78 is 2.94. The predicted molar refractivity (Wildman–Crippen MR) is 112 cm³/mol. The minimum Gasteiger partial charge on any atom is -0.368 e. The largest absolute Gasteiger partial charge is 0.368 e. The Morgan fingerprint density at radius 2 is 2.03 bits per heavy atom. The number of fused-ring (bicyclic) bond motifs is 1. The van der Waals surface area contributed by atoms with Crippen LogP contribution in [0.4, 0.5) is 5.69 Å². The fraction of sp³-hybridized carbons (Fsp3) is 0.524. The van der Waals surface area contributed by atoms with Crippen LogP contribution in [0, 0.1) is 0 Å². The first-order valence-electron chi connectivity index (χ1n) is 10.6. The maximum absolute atomic E-state index is 12.5. The van der Waals surface area contributed by atoms with Crippen molar-refractivity contribution in [3.63, 3.8) is 0 Å². The van der Waals surface area contributed by atoms with Gasteiger partial charge in [-0.3, -0.25) is 19.1 Å². The first kappa shape index (κ1) is 20.3. The van der Waals surface area contributed by atoms with Gasteiger partial charge in [-0.05, 0) is 49.9 Å². The Balaban J connectivity index is 1.40. The van der Waals surface area contributed by atoms with Gasteiger partial charge in [-0.2, -0.15) is 5.10 Å². The van der Waals surface area contributed by atoms with E-state index >= 15 is 0 Å². The standard InChI is InChI=1S/C21H28N6O3/c22-20(29)17-8-5-10-25(17)13-15-6-4-7-16(12-15)23-19(28)14-27-21(30)26-11-3-1-2-9-18(26)24-27/h4,6-7,12,17H,1-3,5,8-11,13-14H2,(H2,22,29)(H,23,28). The lowest BCUT2D eigenvalue weighted by Crippen LogP contribution is -2.39. The van der Waals surface area contributed by atoms with E-state index in [2.05, 4.69) is 15.3 Å². The number of carbonyl (C=O) groups excluding carboxylic acids is 2. The summed E-state index contributed by atoms with van der Waals surface area (Å²) in [6, 6.07) is 7.29. The van der Waals surface area contributed by atoms with Gasteiger partial charge in [0.15, 0.2) is 0 Å². The first-order valence-corrected chi connectivity index (χ1v) is 10.6. The molecule has 160 valence electrons. The van der Waals surface area contributed by atoms with Crippen LogP contribution < -0.4 is 16.7 Å². The lowest BCUT2D eigenvalue weighted by molar-refractivity contribution is -0.122. The van der Waals surface area contributed by atoms with E-state index in [1.807, 2.05) is 24.3 Å². The summed E-state index contributed by atoms with van der Waals surface area (Å²) in [6.07, 6.45) is 5.59. The molecule has 1 unspecified atom stereocenters. The SMILES string of the molecule is NC(=O)C1CCCN1Cc1cccc(NC(=O)Cn2nc3n(c2=O)CCCCC3)c1. The quantitative estimate of drug-likeness (QED) is 0.730. The molecule has 2 aliphatic rings. The van der Waals surface area contributed by atoms with Crippen LogP contribution in [0.5, 0.6) is 0 Å². The van der Waals surface area contributed by atoms with E-state index in [-0.39, 0.29) is 30.1 Å². The van der Waals surface area contributed by atoms with Gasteiger partial charge in [0.05, 0.1) is 6.04 Å². The molecule has 0 spiro atoms. The minimum atomic E-state index is -0.293. The van der Waals surface area contributed by atoms with E-state index in [9.17, 15) is 14.4 Å². The Morgan fingerprint density at radius 3 is 2.87 bits per heavy atom. The highest BCUT2D eigenvalue weighted by Gasteiger charge is 2.28. The molecule has 2 aromatic rings. The normalized spacial score (nSPS) is 19.3. The van der Waals surface area contributed by atoms with E-state index in [0.717, 1.165) is 56.5 Å². The highest BCUT2D eigenvalue weighted by Crippen LogP contribution is 2.21. The summed E-state index contributed by atoms with van der Waals surface area (Å²) in [5, 5.41) is 7.21. The van der Waals surface area contributed by atoms with Crippen molar-refractivity contribution in [3.05, 3.63) is 46.1 Å². The molecular formula is C21H28N6O3. The highest BCUT2D eigenvalue weighted by atomic mass is 16.2. The molecule has 9 nitrogen and oxygen atoms in total. The lowest BCUT2D eigenvalue weighted by atomic mass is 10.1. The monoisotopic (exact) mass is 412 g/mol. The molecule has 1 aromatic carbocycles. The van der Waals surface area contributed by atoms with Crippen molar-refractivity contribution in [2.45, 2.75) is 64.2 Å². The van der Waals surface area contributed by atoms with Crippen LogP contribution in [0.2, 0.25) is 0 Å². The molecule has 0 saturated carbocycles. The average molecular weight is 412 g/mol. The topological polar surface area (TPSA) is 115 Å². The van der Waals surface area contributed by atoms with E-state index in [4.69, 9.17) is 5.73 Å². The van der Waals surface area contributed by atoms with Crippen LogP contribution in [0.15, 0.2) is 29.1 Å². The van der Waals surface area contributed by atoms with E-state index in [0.29, 0.717) is 18.8 Å². The average Bonchev–Trinajstić information content (AvgIpc) is 3.19. The molecule has 0 bridgehead atoms. The molecule has 0 aliphatic carbocycles. The summed E-state index contributed by atoms with van der Waals surface area (Å²) in [4.78, 5) is 38.7. The summed E-state index contributed by atoms with van der Waals surface area (Å²) in [5.41, 5.74) is 6.92. The zero-order valence-corrected chi connectivity index (χ0v) is 17.0. The van der Waals surface area contributed by atoms with E-state index < -0.39 is 0 Å². The Bertz CT molecular complexity index is 995. The second-order valence-corrected chi connectivity index (χ2v) is 8.10. The van der Waals surface area contributed by atoms with Crippen LogP contribution in [-0.4, -0.2) is 43.6 Å². The number of amides is 2. The molecule has 2 amide bonds. The Kier molecular flexibility index (Phi) is 5.98. The number of nitrogens with two attached hydrogens (primary N) is 1. The second kappa shape index (κ2) is 8.83. The van der Waals surface area contributed by atoms with Gasteiger partial charge in [0, 0.05) is 25.2 Å². The van der Waals surface area contributed by atoms with Crippen LogP contribution in [0.3, 0.4) is 0 Å². The smallest absolute Gasteiger partial charge is 0.346 e. The molecule has 1 fully saturated rings. The number of likely N-dealkylation sites (tertiary alicyclic amines) is 1. The molecule has 1 aromatic heterocycles. The maximum atomic E-state index is 12.5. The molecule has 1 atom stereocenters. The third-order valence-corrected chi connectivity index (χ3v) is 5.86. The molecule has 3 heterocycles. The number of benzene rings is 1. The van der Waals surface area contributed by atoms with Gasteiger partial charge in [-0.1, -0.05) is 18.6 Å². The fourth-order valence-electron chi connectivity index (χ4n) is 4.38. The maximum Gasteiger partial charge on any atom is 0.346 e. The molecule has 9 heteroatoms. The van der Waals surface area contributed by atoms with Gasteiger partial charge in [0.25, 0.3) is 0 Å². The van der Waals surface area contributed by atoms with Gasteiger partial charge in [-0.25, -0.2) is 9.48 Å². The second-order valence-electron chi connectivity index (χ2n) is 8.10. The van der Waals surface area contributed by atoms with E-state index in [1.165, 1.54) is 4.68 Å². The molecule has 4 rings (SSSR count). The predicted octanol–water partition coefficient (Wildman–Crippen LogP) is 0.860. The number of nitrogens with one attached hydrogen (secondary N) is 1. The summed E-state index contributed by atoms with van der Waals surface area (Å²) in [7, 11) is 0. The van der Waals surface area contributed by atoms with Gasteiger partial charge >= 0.3 is 5.69 Å². The van der Waals surface area contributed by atoms with Crippen molar-refractivity contribution in [1.82, 2.24) is 19.2 Å². The third-order valence-electron chi connectivity index (χ3n) is 5.86. The number of primary amides is 1. The van der Waals surface area contributed by atoms with Crippen LogP contribution >= 0.6 is 0 Å². The number of aryl methyl sites for hydroxylation is 1. The first-order chi connectivity index (χ1) is 14.5. The van der Waals surface area contributed by atoms with Crippen LogP contribution in [-0.2, 0) is 35.6 Å². The fourth-order valence-corrected chi connectivity index (χ4v) is 4.38. The van der Waals surface area contributed by atoms with Gasteiger partial charge in [0.1, 0.15) is 12.4 Å². The number of rotatable bonds is 6. The highest BCUT2D eigenvalue weighted by molar-refractivity contribution is 5.90. The van der Waals surface area contributed by atoms with Crippen molar-refractivity contribution in [2.24, 2.45) is 5.73 Å². The summed E-state index contributed by atoms with van der Waals surface area (Å²) >= 11 is 0. The van der Waals surface area contributed by atoms with Crippen molar-refractivity contribution in [2.75, 3.05) is 11.9 Å². The van der Waals surface area contributed by atoms with Gasteiger partial charge in [-0.15, -0.1) is 0 Å². The molecule has 3 N–H and O–H groups in total. The summed E-state index contributed by atoms with van der Waals surface area (Å²) in [5.74, 6) is 0.182. The molecule has 0 radical (unpaired) electrons. The summed E-state index contributed by atoms with van der Waals surface area (Å²) in [6.45, 7) is 1.99. The minimum absolute atomic E-state index is 0.112. The molecule has 1 saturated heterocycles. The number of hydrogen-bond donors (Lipinski definition) is 2. The molecular weight excluding hydrogens is 384 g/mol. The van der Waals surface area contributed by atoms with Crippen molar-refractivity contribution < 1.29 is 9.59 Å². The number of hydrogen-bond acceptors (Lipinski definition) is 5. The lowest BCUT2D eigenvalue weighted by Gasteiger charge is -2.22.